The first-order chi connectivity index (χ1) is 28.7. The summed E-state index contributed by atoms with van der Waals surface area (Å²) in [4.78, 5) is 2.28. The third-order valence-electron chi connectivity index (χ3n) is 11.5. The molecule has 0 unspecified atom stereocenters. The van der Waals surface area contributed by atoms with E-state index < -0.39 is 0 Å². The predicted molar refractivity (Wildman–Crippen MR) is 239 cm³/mol. The van der Waals surface area contributed by atoms with E-state index in [1.807, 2.05) is 0 Å². The summed E-state index contributed by atoms with van der Waals surface area (Å²) < 4.78 is 19.2. The maximum absolute atomic E-state index is 6.40. The SMILES string of the molecule is c1ccc2c(c1)ccc1oc(-c3ccc(N(c4ccc(-c5cc6c(ccc7ccccc76)o5)cc4)c4ccc(-c5cc6c(ccc7ccccc76)o5)cc4)cc3)cc12. The molecule has 0 saturated heterocycles. The molecule has 0 N–H and O–H groups in total. The Bertz CT molecular complexity index is 3120. The molecule has 0 aliphatic heterocycles. The first-order valence-electron chi connectivity index (χ1n) is 19.6. The molecule has 4 nitrogen and oxygen atoms in total. The van der Waals surface area contributed by atoms with Crippen LogP contribution in [-0.2, 0) is 0 Å². The Hall–Kier alpha value is -7.82. The molecule has 272 valence electrons. The molecule has 58 heavy (non-hydrogen) atoms. The van der Waals surface area contributed by atoms with E-state index in [0.717, 1.165) is 83.9 Å². The van der Waals surface area contributed by atoms with E-state index in [0.29, 0.717) is 0 Å². The summed E-state index contributed by atoms with van der Waals surface area (Å²) in [6, 6.07) is 70.2. The summed E-state index contributed by atoms with van der Waals surface area (Å²) in [5.41, 5.74) is 8.78. The highest BCUT2D eigenvalue weighted by Gasteiger charge is 2.17. The van der Waals surface area contributed by atoms with Crippen LogP contribution in [-0.4, -0.2) is 0 Å². The highest BCUT2D eigenvalue weighted by atomic mass is 16.3. The summed E-state index contributed by atoms with van der Waals surface area (Å²) in [6.07, 6.45) is 0. The van der Waals surface area contributed by atoms with Crippen LogP contribution in [0.25, 0.3) is 99.2 Å². The summed E-state index contributed by atoms with van der Waals surface area (Å²) in [7, 11) is 0. The van der Waals surface area contributed by atoms with Gasteiger partial charge in [-0.3, -0.25) is 0 Å². The van der Waals surface area contributed by atoms with E-state index in [1.165, 1.54) is 32.3 Å². The average Bonchev–Trinajstić information content (AvgIpc) is 4.05. The summed E-state index contributed by atoms with van der Waals surface area (Å²) >= 11 is 0. The Kier molecular flexibility index (Phi) is 7.20. The van der Waals surface area contributed by atoms with Gasteiger partial charge in [0.15, 0.2) is 0 Å². The number of anilines is 3. The summed E-state index contributed by atoms with van der Waals surface area (Å²) in [5, 5.41) is 10.5. The zero-order chi connectivity index (χ0) is 38.2. The van der Waals surface area contributed by atoms with E-state index in [4.69, 9.17) is 13.3 Å². The first kappa shape index (κ1) is 32.4. The average molecular weight is 744 g/mol. The fraction of sp³-hybridized carbons (Fsp3) is 0. The molecular weight excluding hydrogens is 711 g/mol. The maximum atomic E-state index is 6.40. The molecule has 9 aromatic carbocycles. The zero-order valence-electron chi connectivity index (χ0n) is 31.2. The van der Waals surface area contributed by atoms with Crippen LogP contribution in [0.3, 0.4) is 0 Å². The van der Waals surface area contributed by atoms with Crippen molar-refractivity contribution in [3.63, 3.8) is 0 Å². The quantitative estimate of drug-likeness (QED) is 0.170. The Morgan fingerprint density at radius 2 is 0.552 bits per heavy atom. The van der Waals surface area contributed by atoms with E-state index in [2.05, 4.69) is 205 Å². The predicted octanol–water partition coefficient (Wildman–Crippen LogP) is 15.9. The largest absolute Gasteiger partial charge is 0.456 e. The van der Waals surface area contributed by atoms with Crippen LogP contribution < -0.4 is 4.90 Å². The van der Waals surface area contributed by atoms with Gasteiger partial charge in [0.05, 0.1) is 0 Å². The molecule has 0 aliphatic carbocycles. The Balaban J connectivity index is 0.925. The number of hydrogen-bond acceptors (Lipinski definition) is 4. The van der Waals surface area contributed by atoms with Crippen molar-refractivity contribution in [3.8, 4) is 34.0 Å². The lowest BCUT2D eigenvalue weighted by molar-refractivity contribution is 0.631. The molecular formula is C54H33NO3. The minimum absolute atomic E-state index is 0.843. The fourth-order valence-electron chi connectivity index (χ4n) is 8.58. The molecule has 0 amide bonds. The van der Waals surface area contributed by atoms with Crippen LogP contribution in [0.1, 0.15) is 0 Å². The fourth-order valence-corrected chi connectivity index (χ4v) is 8.58. The van der Waals surface area contributed by atoms with Gasteiger partial charge in [-0.05, 0) is 142 Å². The van der Waals surface area contributed by atoms with Crippen molar-refractivity contribution in [1.29, 1.82) is 0 Å². The van der Waals surface area contributed by atoms with E-state index in [1.54, 1.807) is 0 Å². The van der Waals surface area contributed by atoms with Crippen molar-refractivity contribution in [1.82, 2.24) is 0 Å². The topological polar surface area (TPSA) is 42.7 Å². The van der Waals surface area contributed by atoms with E-state index in [-0.39, 0.29) is 0 Å². The molecule has 0 saturated carbocycles. The van der Waals surface area contributed by atoms with Crippen LogP contribution in [0.15, 0.2) is 213 Å². The molecule has 12 aromatic rings. The Morgan fingerprint density at radius 1 is 0.259 bits per heavy atom. The molecule has 0 aliphatic rings. The van der Waals surface area contributed by atoms with Gasteiger partial charge in [0.1, 0.15) is 34.0 Å². The third-order valence-corrected chi connectivity index (χ3v) is 11.5. The molecule has 0 atom stereocenters. The van der Waals surface area contributed by atoms with Crippen LogP contribution in [0.4, 0.5) is 17.1 Å². The number of rotatable bonds is 6. The summed E-state index contributed by atoms with van der Waals surface area (Å²) in [6.45, 7) is 0. The van der Waals surface area contributed by atoms with Gasteiger partial charge in [0.2, 0.25) is 0 Å². The van der Waals surface area contributed by atoms with Crippen molar-refractivity contribution in [3.05, 3.63) is 200 Å². The molecule has 0 bridgehead atoms. The normalized spacial score (nSPS) is 11.8. The van der Waals surface area contributed by atoms with Crippen molar-refractivity contribution in [2.75, 3.05) is 4.90 Å². The standard InChI is InChI=1S/C54H33NO3/c1-4-10-43-34(7-1)19-28-49-46(43)31-52(56-49)37-13-22-40(23-14-37)55(41-24-15-38(16-25-41)53-32-47-44-11-5-2-8-35(44)20-29-50(47)57-53)42-26-17-39(18-27-42)54-33-48-45-12-6-3-9-36(45)21-30-51(48)58-54/h1-33H. The molecule has 3 aromatic heterocycles. The smallest absolute Gasteiger partial charge is 0.135 e. The molecule has 0 spiro atoms. The van der Waals surface area contributed by atoms with Crippen LogP contribution in [0.2, 0.25) is 0 Å². The molecule has 0 fully saturated rings. The number of hydrogen-bond donors (Lipinski definition) is 0. The number of furan rings is 3. The highest BCUT2D eigenvalue weighted by molar-refractivity contribution is 6.09. The Labute approximate surface area is 333 Å². The van der Waals surface area contributed by atoms with Crippen molar-refractivity contribution in [2.24, 2.45) is 0 Å². The Morgan fingerprint density at radius 3 is 0.862 bits per heavy atom. The van der Waals surface area contributed by atoms with Crippen LogP contribution in [0, 0.1) is 0 Å². The van der Waals surface area contributed by atoms with Crippen molar-refractivity contribution < 1.29 is 13.3 Å². The van der Waals surface area contributed by atoms with Gasteiger partial charge < -0.3 is 18.2 Å². The first-order valence-corrected chi connectivity index (χ1v) is 19.6. The number of fused-ring (bicyclic) bond motifs is 9. The monoisotopic (exact) mass is 743 g/mol. The third kappa shape index (κ3) is 5.31. The van der Waals surface area contributed by atoms with Gasteiger partial charge >= 0.3 is 0 Å². The minimum Gasteiger partial charge on any atom is -0.456 e. The molecule has 4 heteroatoms. The van der Waals surface area contributed by atoms with Crippen molar-refractivity contribution >= 4 is 82.3 Å². The van der Waals surface area contributed by atoms with Crippen LogP contribution >= 0.6 is 0 Å². The van der Waals surface area contributed by atoms with Gasteiger partial charge in [-0.1, -0.05) is 91.0 Å². The molecule has 3 heterocycles. The highest BCUT2D eigenvalue weighted by Crippen LogP contribution is 2.41. The molecule has 0 radical (unpaired) electrons. The lowest BCUT2D eigenvalue weighted by Crippen LogP contribution is -2.09. The molecule has 12 rings (SSSR count). The zero-order valence-corrected chi connectivity index (χ0v) is 31.2. The lowest BCUT2D eigenvalue weighted by Gasteiger charge is -2.26. The summed E-state index contributed by atoms with van der Waals surface area (Å²) in [5.74, 6) is 2.53. The van der Waals surface area contributed by atoms with Gasteiger partial charge in [-0.2, -0.15) is 0 Å². The number of nitrogens with zero attached hydrogens (tertiary/aromatic N) is 1. The minimum atomic E-state index is 0.843. The van der Waals surface area contributed by atoms with E-state index >= 15 is 0 Å². The maximum Gasteiger partial charge on any atom is 0.135 e. The number of benzene rings is 9. The second-order valence-electron chi connectivity index (χ2n) is 14.9. The van der Waals surface area contributed by atoms with Gasteiger partial charge in [0, 0.05) is 49.9 Å². The van der Waals surface area contributed by atoms with Gasteiger partial charge in [-0.15, -0.1) is 0 Å². The van der Waals surface area contributed by atoms with Gasteiger partial charge in [-0.25, -0.2) is 0 Å². The lowest BCUT2D eigenvalue weighted by atomic mass is 10.0. The van der Waals surface area contributed by atoms with E-state index in [9.17, 15) is 0 Å². The van der Waals surface area contributed by atoms with Crippen molar-refractivity contribution in [2.45, 2.75) is 0 Å². The second kappa shape index (κ2) is 12.9. The second-order valence-corrected chi connectivity index (χ2v) is 14.9. The van der Waals surface area contributed by atoms with Gasteiger partial charge in [0.25, 0.3) is 0 Å². The van der Waals surface area contributed by atoms with Crippen LogP contribution in [0.5, 0.6) is 0 Å².